The van der Waals surface area contributed by atoms with Gasteiger partial charge in [0.1, 0.15) is 0 Å². The van der Waals surface area contributed by atoms with Crippen LogP contribution in [-0.2, 0) is 24.8 Å². The number of benzene rings is 10. The fourth-order valence-electron chi connectivity index (χ4n) is 11.4. The topological polar surface area (TPSA) is 41.3 Å². The molecule has 0 aliphatic carbocycles. The molecule has 10 aromatic carbocycles. The van der Waals surface area contributed by atoms with Gasteiger partial charge in [0.15, 0.2) is 0 Å². The van der Waals surface area contributed by atoms with Crippen molar-refractivity contribution in [3.63, 3.8) is 0 Å². The summed E-state index contributed by atoms with van der Waals surface area (Å²) < 4.78 is 59.8. The zero-order valence-electron chi connectivity index (χ0n) is 48.2. The molecule has 0 unspecified atom stereocenters. The molecule has 0 N–H and O–H groups in total. The van der Waals surface area contributed by atoms with Crippen LogP contribution in [0.25, 0.3) is 111 Å². The second-order valence-corrected chi connectivity index (χ2v) is 21.8. The first-order valence-corrected chi connectivity index (χ1v) is 27.2. The Bertz CT molecular complexity index is 4990. The number of nitrogens with zero attached hydrogens (tertiary/aromatic N) is 5. The summed E-state index contributed by atoms with van der Waals surface area (Å²) in [5.74, 6) is 1.87. The van der Waals surface area contributed by atoms with Crippen LogP contribution in [-0.4, -0.2) is 23.1 Å². The van der Waals surface area contributed by atoms with Crippen molar-refractivity contribution in [1.82, 2.24) is 23.1 Å². The zero-order valence-corrected chi connectivity index (χ0v) is 45.5. The van der Waals surface area contributed by atoms with Crippen LogP contribution in [0.2, 0.25) is 0 Å². The van der Waals surface area contributed by atoms with Gasteiger partial charge < -0.3 is 0 Å². The molecule has 0 aliphatic heterocycles. The molecule has 0 atom stereocenters. The van der Waals surface area contributed by atoms with Crippen LogP contribution in [0.3, 0.4) is 0 Å². The Balaban J connectivity index is 1.03. The number of aromatic nitrogens is 5. The van der Waals surface area contributed by atoms with E-state index in [1.807, 2.05) is 31.2 Å². The minimum atomic E-state index is -0.432. The first-order chi connectivity index (χ1) is 40.2. The quantitative estimate of drug-likeness (QED) is 0.152. The van der Waals surface area contributed by atoms with Gasteiger partial charge in [-0.1, -0.05) is 42.3 Å². The molecule has 378 valence electrons. The molecule has 0 saturated carbocycles. The van der Waals surface area contributed by atoms with E-state index in [2.05, 4.69) is 246 Å². The fourth-order valence-corrected chi connectivity index (χ4v) is 12.5. The zero-order chi connectivity index (χ0) is 57.0. The number of rotatable bonds is 8. The number of ether oxygens (including phenoxy) is 1. The van der Waals surface area contributed by atoms with E-state index in [-0.39, 0.29) is 35.1 Å². The molecular formula is C71H53N5OPt. The van der Waals surface area contributed by atoms with Crippen molar-refractivity contribution in [2.24, 2.45) is 0 Å². The Morgan fingerprint density at radius 3 is 1.69 bits per heavy atom. The van der Waals surface area contributed by atoms with Crippen molar-refractivity contribution in [3.8, 4) is 62.1 Å². The smallest absolute Gasteiger partial charge is 0.0616 e. The van der Waals surface area contributed by atoms with E-state index in [0.717, 1.165) is 97.6 Å². The third kappa shape index (κ3) is 7.89. The van der Waals surface area contributed by atoms with E-state index in [9.17, 15) is 0 Å². The number of pyridine rings is 1. The minimum Gasteiger partial charge on any atom is -0.0616 e. The Morgan fingerprint density at radius 1 is 0.462 bits per heavy atom. The maximum atomic E-state index is 8.73. The minimum absolute atomic E-state index is 0.0418. The van der Waals surface area contributed by atoms with Gasteiger partial charge in [0, 0.05) is 11.8 Å². The number of hydrogen-bond acceptors (Lipinski definition) is 2. The van der Waals surface area contributed by atoms with Crippen molar-refractivity contribution < 1.29 is 30.9 Å². The summed E-state index contributed by atoms with van der Waals surface area (Å²) in [5.41, 5.74) is 15.9. The van der Waals surface area contributed by atoms with Crippen molar-refractivity contribution in [1.29, 1.82) is 0 Å². The van der Waals surface area contributed by atoms with Crippen LogP contribution in [0.4, 0.5) is 0 Å². The number of aryl methyl sites for hydroxylation is 1. The first kappa shape index (κ1) is 42.1. The first-order valence-electron chi connectivity index (χ1n) is 28.6. The normalized spacial score (nSPS) is 12.8. The van der Waals surface area contributed by atoms with Gasteiger partial charge in [0.2, 0.25) is 0 Å². The van der Waals surface area contributed by atoms with Crippen LogP contribution < -0.4 is 4.74 Å². The molecule has 78 heavy (non-hydrogen) atoms. The predicted molar refractivity (Wildman–Crippen MR) is 319 cm³/mol. The molecule has 0 bridgehead atoms. The standard InChI is InChI=1S/C71H53N5O.Pt/c1-47-42-68(72-45-61(47)50-24-12-7-13-25-50)76-63-32-17-14-26-57(63)59-40-38-53(43-66(59)76)77-54-39-41-64-67(44-54)74-46-73(69-55(48-20-8-5-9-21-48)28-18-29-56(69)49-22-10-6-11-23-49)65-33-19-30-60(70(65)74)58-27-15-16-31-62(58)75(64)52-36-34-51(35-37-52)71(2,3)4;/h5-45H,1-4H3;/i7D,12D,13D,24D,25D;. The molecule has 14 rings (SSSR count). The summed E-state index contributed by atoms with van der Waals surface area (Å²) >= 11 is 2.55. The summed E-state index contributed by atoms with van der Waals surface area (Å²) in [4.78, 5) is 4.96. The summed E-state index contributed by atoms with van der Waals surface area (Å²) in [5, 5.41) is 4.22. The van der Waals surface area contributed by atoms with Crippen LogP contribution in [0.1, 0.15) is 38.8 Å². The molecule has 14 aromatic rings. The molecule has 7 heteroatoms. The number of para-hydroxylation sites is 4. The van der Waals surface area contributed by atoms with Crippen molar-refractivity contribution >= 4 is 60.2 Å². The molecule has 0 saturated heterocycles. The second kappa shape index (κ2) is 18.9. The van der Waals surface area contributed by atoms with E-state index in [1.54, 1.807) is 6.20 Å². The molecule has 4 heterocycles. The third-order valence-electron chi connectivity index (χ3n) is 15.1. The SMILES string of the molecule is [2H]c1c([2H])c([2H])c(-c2cnc(-n3c4ccccc4c4ccc(Oc5ccc6c(c5)n5[c](=[Pt])n(-c7c(-c8ccccc8)cccc7-c7ccccc7)c7cccc(c8ccccc8n6-c6ccc(C(C)(C)C)cc6)c75)cc43)cc2C)c([2H])c1[2H]. The summed E-state index contributed by atoms with van der Waals surface area (Å²) in [7, 11) is 0. The van der Waals surface area contributed by atoms with Gasteiger partial charge in [-0.3, -0.25) is 0 Å². The van der Waals surface area contributed by atoms with Crippen LogP contribution in [0, 0.1) is 10.7 Å². The number of fused-ring (bicyclic) bond motifs is 7. The van der Waals surface area contributed by atoms with Gasteiger partial charge in [-0.05, 0) is 18.1 Å². The Hall–Kier alpha value is -9.09. The maximum absolute atomic E-state index is 8.73. The van der Waals surface area contributed by atoms with Crippen LogP contribution >= 0.6 is 0 Å². The molecule has 0 radical (unpaired) electrons. The Morgan fingerprint density at radius 2 is 1.03 bits per heavy atom. The van der Waals surface area contributed by atoms with Crippen molar-refractivity contribution in [2.75, 3.05) is 0 Å². The van der Waals surface area contributed by atoms with Crippen LogP contribution in [0.15, 0.2) is 249 Å². The molecule has 4 aromatic heterocycles. The van der Waals surface area contributed by atoms with Gasteiger partial charge in [-0.2, -0.15) is 0 Å². The van der Waals surface area contributed by atoms with Gasteiger partial charge in [0.25, 0.3) is 0 Å². The summed E-state index contributed by atoms with van der Waals surface area (Å²) in [6, 6.07) is 73.3. The van der Waals surface area contributed by atoms with E-state index >= 15 is 0 Å². The molecule has 0 amide bonds. The summed E-state index contributed by atoms with van der Waals surface area (Å²) in [6.45, 7) is 8.63. The van der Waals surface area contributed by atoms with E-state index < -0.39 is 6.04 Å². The average molecular weight is 1190 g/mol. The Kier molecular flexibility index (Phi) is 10.2. The molecule has 0 aliphatic rings. The monoisotopic (exact) mass is 1190 g/mol. The van der Waals surface area contributed by atoms with Crippen molar-refractivity contribution in [2.45, 2.75) is 33.1 Å². The number of imidazole rings is 1. The second-order valence-electron chi connectivity index (χ2n) is 20.8. The van der Waals surface area contributed by atoms with Gasteiger partial charge >= 0.3 is 394 Å². The molecule has 0 fully saturated rings. The van der Waals surface area contributed by atoms with E-state index in [4.69, 9.17) is 16.6 Å². The predicted octanol–water partition coefficient (Wildman–Crippen LogP) is 18.5. The molecule has 6 nitrogen and oxygen atoms in total. The summed E-state index contributed by atoms with van der Waals surface area (Å²) in [6.07, 6.45) is 1.61. The van der Waals surface area contributed by atoms with Gasteiger partial charge in [-0.25, -0.2) is 0 Å². The van der Waals surface area contributed by atoms with Gasteiger partial charge in [-0.15, -0.1) is 0 Å². The van der Waals surface area contributed by atoms with E-state index in [0.29, 0.717) is 28.4 Å². The molecular weight excluding hydrogens is 1130 g/mol. The molecule has 0 spiro atoms. The van der Waals surface area contributed by atoms with Crippen LogP contribution in [0.5, 0.6) is 11.5 Å². The van der Waals surface area contributed by atoms with E-state index in [1.165, 1.54) is 5.56 Å². The number of hydrogen-bond donors (Lipinski definition) is 0. The van der Waals surface area contributed by atoms with Crippen molar-refractivity contribution in [3.05, 3.63) is 264 Å². The average Bonchev–Trinajstić information content (AvgIpc) is 4.21. The third-order valence-corrected chi connectivity index (χ3v) is 16.1. The van der Waals surface area contributed by atoms with Gasteiger partial charge in [0.05, 0.1) is 6.85 Å². The Labute approximate surface area is 470 Å². The fraction of sp³-hybridized carbons (Fsp3) is 0.0704.